The summed E-state index contributed by atoms with van der Waals surface area (Å²) in [5.41, 5.74) is 2.97. The van der Waals surface area contributed by atoms with Crippen molar-refractivity contribution in [3.8, 4) is 0 Å². The van der Waals surface area contributed by atoms with Crippen molar-refractivity contribution in [1.29, 1.82) is 0 Å². The lowest BCUT2D eigenvalue weighted by Gasteiger charge is -2.08. The van der Waals surface area contributed by atoms with Crippen molar-refractivity contribution in [2.24, 2.45) is 0 Å². The maximum atomic E-state index is 11.9. The first-order chi connectivity index (χ1) is 9.54. The van der Waals surface area contributed by atoms with Crippen molar-refractivity contribution in [3.05, 3.63) is 62.9 Å². The summed E-state index contributed by atoms with van der Waals surface area (Å²) >= 11 is 5.84. The average Bonchev–Trinajstić information content (AvgIpc) is 2.83. The van der Waals surface area contributed by atoms with Crippen LogP contribution in [0.2, 0.25) is 5.02 Å². The van der Waals surface area contributed by atoms with Crippen LogP contribution in [-0.4, -0.2) is 19.6 Å². The number of pyridine rings is 1. The number of aromatic amines is 1. The minimum absolute atomic E-state index is 0.0219. The van der Waals surface area contributed by atoms with Crippen LogP contribution in [0, 0.1) is 6.92 Å². The lowest BCUT2D eigenvalue weighted by atomic mass is 10.0. The lowest BCUT2D eigenvalue weighted by Crippen LogP contribution is -2.14. The molecule has 6 heteroatoms. The average molecular weight is 289 g/mol. The van der Waals surface area contributed by atoms with Gasteiger partial charge in [-0.2, -0.15) is 0 Å². The number of H-pyrrole nitrogens is 1. The zero-order chi connectivity index (χ0) is 14.3. The summed E-state index contributed by atoms with van der Waals surface area (Å²) < 4.78 is 1.44. The highest BCUT2D eigenvalue weighted by atomic mass is 35.5. The van der Waals surface area contributed by atoms with Gasteiger partial charge in [0.2, 0.25) is 0 Å². The maximum absolute atomic E-state index is 11.9. The van der Waals surface area contributed by atoms with Gasteiger partial charge >= 0.3 is 0 Å². The normalized spacial score (nSPS) is 12.8. The van der Waals surface area contributed by atoms with Gasteiger partial charge in [0.05, 0.1) is 5.02 Å². The third-order valence-electron chi connectivity index (χ3n) is 3.26. The fourth-order valence-corrected chi connectivity index (χ4v) is 2.27. The first-order valence-electron chi connectivity index (χ1n) is 6.25. The van der Waals surface area contributed by atoms with Crippen molar-refractivity contribution in [2.75, 3.05) is 0 Å². The molecule has 1 N–H and O–H groups in total. The quantitative estimate of drug-likeness (QED) is 0.788. The monoisotopic (exact) mass is 288 g/mol. The Kier molecular flexibility index (Phi) is 3.06. The molecule has 3 rings (SSSR count). The van der Waals surface area contributed by atoms with Gasteiger partial charge in [-0.3, -0.25) is 14.9 Å². The lowest BCUT2D eigenvalue weighted by molar-refractivity contribution is 0.784. The first-order valence-corrected chi connectivity index (χ1v) is 6.63. The molecule has 3 aromatic heterocycles. The second-order valence-corrected chi connectivity index (χ2v) is 5.20. The van der Waals surface area contributed by atoms with Crippen molar-refractivity contribution in [2.45, 2.75) is 19.8 Å². The van der Waals surface area contributed by atoms with E-state index in [1.54, 1.807) is 19.2 Å². The summed E-state index contributed by atoms with van der Waals surface area (Å²) in [5, 5.41) is 3.68. The summed E-state index contributed by atoms with van der Waals surface area (Å²) in [6.45, 7) is 3.82. The Morgan fingerprint density at radius 2 is 2.15 bits per heavy atom. The fraction of sp³-hybridized carbons (Fsp3) is 0.214. The molecule has 0 bridgehead atoms. The Balaban J connectivity index is 2.08. The van der Waals surface area contributed by atoms with Crippen LogP contribution in [0.1, 0.15) is 29.9 Å². The van der Waals surface area contributed by atoms with E-state index in [9.17, 15) is 4.79 Å². The van der Waals surface area contributed by atoms with Gasteiger partial charge in [-0.1, -0.05) is 18.5 Å². The zero-order valence-corrected chi connectivity index (χ0v) is 11.8. The number of aryl methyl sites for hydroxylation is 1. The molecule has 1 unspecified atom stereocenters. The van der Waals surface area contributed by atoms with Crippen LogP contribution in [0.15, 0.2) is 35.3 Å². The van der Waals surface area contributed by atoms with E-state index in [-0.39, 0.29) is 11.5 Å². The molecule has 0 fully saturated rings. The van der Waals surface area contributed by atoms with E-state index >= 15 is 0 Å². The predicted octanol–water partition coefficient (Wildman–Crippen LogP) is 2.53. The van der Waals surface area contributed by atoms with E-state index in [0.717, 1.165) is 11.4 Å². The van der Waals surface area contributed by atoms with Gasteiger partial charge < -0.3 is 0 Å². The first kappa shape index (κ1) is 12.9. The van der Waals surface area contributed by atoms with Crippen molar-refractivity contribution < 1.29 is 0 Å². The second-order valence-electron chi connectivity index (χ2n) is 4.76. The molecule has 0 amide bonds. The van der Waals surface area contributed by atoms with E-state index < -0.39 is 0 Å². The van der Waals surface area contributed by atoms with Gasteiger partial charge in [-0.15, -0.1) is 0 Å². The molecule has 0 aliphatic carbocycles. The fourth-order valence-electron chi connectivity index (χ4n) is 2.15. The Labute approximate surface area is 120 Å². The minimum Gasteiger partial charge on any atom is -0.293 e. The van der Waals surface area contributed by atoms with E-state index in [2.05, 4.69) is 15.1 Å². The largest absolute Gasteiger partial charge is 0.293 e. The van der Waals surface area contributed by atoms with E-state index in [1.807, 2.05) is 19.1 Å². The van der Waals surface area contributed by atoms with Crippen LogP contribution >= 0.6 is 11.6 Å². The molecule has 3 heterocycles. The number of nitrogens with one attached hydrogen (secondary N) is 1. The minimum atomic E-state index is -0.116. The summed E-state index contributed by atoms with van der Waals surface area (Å²) in [5.74, 6) is 0.0219. The molecule has 0 aliphatic rings. The third kappa shape index (κ3) is 2.20. The number of hydrogen-bond acceptors (Lipinski definition) is 3. The molecule has 0 saturated heterocycles. The topological polar surface area (TPSA) is 63.0 Å². The van der Waals surface area contributed by atoms with Crippen molar-refractivity contribution in [1.82, 2.24) is 19.6 Å². The van der Waals surface area contributed by atoms with Crippen molar-refractivity contribution >= 4 is 17.2 Å². The number of halogens is 1. The number of aromatic nitrogens is 4. The zero-order valence-electron chi connectivity index (χ0n) is 11.1. The second kappa shape index (κ2) is 4.76. The summed E-state index contributed by atoms with van der Waals surface area (Å²) in [7, 11) is 0. The molecule has 0 spiro atoms. The number of nitrogens with zero attached hydrogens (tertiary/aromatic N) is 3. The molecule has 0 radical (unpaired) electrons. The van der Waals surface area contributed by atoms with E-state index in [0.29, 0.717) is 16.4 Å². The van der Waals surface area contributed by atoms with Crippen LogP contribution in [0.4, 0.5) is 0 Å². The molecule has 1 atom stereocenters. The summed E-state index contributed by atoms with van der Waals surface area (Å²) in [6.07, 6.45) is 1.62. The molecular formula is C14H13ClN4O. The van der Waals surface area contributed by atoms with Gasteiger partial charge in [0, 0.05) is 41.3 Å². The summed E-state index contributed by atoms with van der Waals surface area (Å²) in [6, 6.07) is 7.05. The van der Waals surface area contributed by atoms with Crippen LogP contribution in [0.5, 0.6) is 0 Å². The molecule has 20 heavy (non-hydrogen) atoms. The molecule has 102 valence electrons. The molecule has 3 aromatic rings. The van der Waals surface area contributed by atoms with Gasteiger partial charge in [0.25, 0.3) is 5.56 Å². The van der Waals surface area contributed by atoms with Crippen LogP contribution in [-0.2, 0) is 0 Å². The molecule has 0 saturated carbocycles. The third-order valence-corrected chi connectivity index (χ3v) is 3.48. The molecule has 5 nitrogen and oxygen atoms in total. The van der Waals surface area contributed by atoms with Gasteiger partial charge in [0.15, 0.2) is 5.65 Å². The van der Waals surface area contributed by atoms with Gasteiger partial charge in [0.1, 0.15) is 0 Å². The summed E-state index contributed by atoms with van der Waals surface area (Å²) in [4.78, 5) is 20.5. The maximum Gasteiger partial charge on any atom is 0.272 e. The highest BCUT2D eigenvalue weighted by Crippen LogP contribution is 2.22. The van der Waals surface area contributed by atoms with Gasteiger partial charge in [-0.05, 0) is 19.1 Å². The SMILES string of the molecule is Cc1cc(=O)n2[nH]c(C(C)c3ccc(Cl)cn3)cc2n1. The van der Waals surface area contributed by atoms with E-state index in [4.69, 9.17) is 11.6 Å². The number of rotatable bonds is 2. The number of hydrogen-bond donors (Lipinski definition) is 1. The molecule has 0 aromatic carbocycles. The van der Waals surface area contributed by atoms with Crippen LogP contribution in [0.3, 0.4) is 0 Å². The number of fused-ring (bicyclic) bond motifs is 1. The Hall–Kier alpha value is -2.14. The Morgan fingerprint density at radius 1 is 1.35 bits per heavy atom. The smallest absolute Gasteiger partial charge is 0.272 e. The highest BCUT2D eigenvalue weighted by molar-refractivity contribution is 6.30. The Bertz CT molecular complexity index is 819. The van der Waals surface area contributed by atoms with Gasteiger partial charge in [-0.25, -0.2) is 9.50 Å². The molecular weight excluding hydrogens is 276 g/mol. The van der Waals surface area contributed by atoms with E-state index in [1.165, 1.54) is 10.6 Å². The van der Waals surface area contributed by atoms with Crippen LogP contribution in [0.25, 0.3) is 5.65 Å². The Morgan fingerprint density at radius 3 is 2.85 bits per heavy atom. The molecule has 0 aliphatic heterocycles. The standard InChI is InChI=1S/C14H13ClN4O/c1-8-5-14(20)19-13(17-8)6-12(18-19)9(2)11-4-3-10(15)7-16-11/h3-7,9,18H,1-2H3. The van der Waals surface area contributed by atoms with Crippen LogP contribution < -0.4 is 5.56 Å². The predicted molar refractivity (Wildman–Crippen MR) is 77.3 cm³/mol. The highest BCUT2D eigenvalue weighted by Gasteiger charge is 2.14. The van der Waals surface area contributed by atoms with Crippen molar-refractivity contribution in [3.63, 3.8) is 0 Å².